The van der Waals surface area contributed by atoms with E-state index in [4.69, 9.17) is 9.72 Å². The molecule has 0 aliphatic rings. The van der Waals surface area contributed by atoms with Crippen LogP contribution in [0.5, 0.6) is 5.75 Å². The number of carbonyl (C=O) groups is 1. The van der Waals surface area contributed by atoms with Gasteiger partial charge < -0.3 is 14.6 Å². The fourth-order valence-corrected chi connectivity index (χ4v) is 4.16. The molecule has 0 bridgehead atoms. The first kappa shape index (κ1) is 23.1. The second kappa shape index (κ2) is 11.1. The van der Waals surface area contributed by atoms with E-state index >= 15 is 0 Å². The Balaban J connectivity index is 1.30. The van der Waals surface area contributed by atoms with Gasteiger partial charge in [0.2, 0.25) is 0 Å². The number of rotatable bonds is 10. The number of fused-ring (bicyclic) bond motifs is 1. The zero-order valence-corrected chi connectivity index (χ0v) is 20.3. The third kappa shape index (κ3) is 6.02. The van der Waals surface area contributed by atoms with Crippen LogP contribution in [0.1, 0.15) is 41.0 Å². The number of halogens is 1. The topological polar surface area (TPSA) is 56.1 Å². The summed E-state index contributed by atoms with van der Waals surface area (Å²) < 4.78 is 8.54. The third-order valence-corrected chi connectivity index (χ3v) is 6.23. The minimum absolute atomic E-state index is 0.0473. The summed E-state index contributed by atoms with van der Waals surface area (Å²) in [6, 6.07) is 23.9. The number of hydrogen-bond acceptors (Lipinski definition) is 3. The van der Waals surface area contributed by atoms with Gasteiger partial charge in [0.25, 0.3) is 5.91 Å². The first-order valence-electron chi connectivity index (χ1n) is 11.2. The molecule has 170 valence electrons. The molecular formula is C27H28BrN3O2. The number of hydrogen-bond donors (Lipinski definition) is 1. The molecule has 0 fully saturated rings. The summed E-state index contributed by atoms with van der Waals surface area (Å²) >= 11 is 3.51. The van der Waals surface area contributed by atoms with E-state index in [9.17, 15) is 4.79 Å². The number of amides is 1. The van der Waals surface area contributed by atoms with Crippen molar-refractivity contribution in [3.05, 3.63) is 94.2 Å². The lowest BCUT2D eigenvalue weighted by molar-refractivity contribution is 0.0953. The van der Waals surface area contributed by atoms with Crippen LogP contribution in [-0.4, -0.2) is 29.1 Å². The monoisotopic (exact) mass is 505 g/mol. The van der Waals surface area contributed by atoms with Gasteiger partial charge in [-0.05, 0) is 66.9 Å². The average molecular weight is 506 g/mol. The Kier molecular flexibility index (Phi) is 7.79. The Bertz CT molecular complexity index is 1200. The van der Waals surface area contributed by atoms with Gasteiger partial charge in [0.05, 0.1) is 18.1 Å². The lowest BCUT2D eigenvalue weighted by Crippen LogP contribution is -2.24. The summed E-state index contributed by atoms with van der Waals surface area (Å²) in [5.41, 5.74) is 4.11. The number of methoxy groups -OCH3 is 1. The number of ether oxygens (including phenoxy) is 1. The van der Waals surface area contributed by atoms with E-state index < -0.39 is 0 Å². The maximum atomic E-state index is 12.3. The Morgan fingerprint density at radius 1 is 0.970 bits per heavy atom. The van der Waals surface area contributed by atoms with Gasteiger partial charge in [-0.3, -0.25) is 4.79 Å². The van der Waals surface area contributed by atoms with Gasteiger partial charge in [-0.15, -0.1) is 0 Å². The number of nitrogens with zero attached hydrogens (tertiary/aromatic N) is 2. The van der Waals surface area contributed by atoms with E-state index in [0.717, 1.165) is 53.8 Å². The predicted molar refractivity (Wildman–Crippen MR) is 136 cm³/mol. The molecule has 4 rings (SSSR count). The summed E-state index contributed by atoms with van der Waals surface area (Å²) in [5.74, 6) is 1.81. The van der Waals surface area contributed by atoms with Crippen molar-refractivity contribution in [2.75, 3.05) is 13.7 Å². The van der Waals surface area contributed by atoms with Crippen LogP contribution in [0.3, 0.4) is 0 Å². The van der Waals surface area contributed by atoms with Gasteiger partial charge in [0.15, 0.2) is 0 Å². The number of nitrogens with one attached hydrogen (secondary N) is 1. The SMILES string of the molecule is COc1ccc(C(=O)NCCCCCc2nc3ccccc3n2Cc2ccc(Br)cc2)cc1. The van der Waals surface area contributed by atoms with Crippen molar-refractivity contribution in [3.63, 3.8) is 0 Å². The second-order valence-corrected chi connectivity index (χ2v) is 8.94. The molecule has 5 nitrogen and oxygen atoms in total. The molecule has 0 aliphatic heterocycles. The minimum Gasteiger partial charge on any atom is -0.497 e. The molecule has 1 aromatic heterocycles. The number of carbonyl (C=O) groups excluding carboxylic acids is 1. The van der Waals surface area contributed by atoms with E-state index in [1.54, 1.807) is 31.4 Å². The highest BCUT2D eigenvalue weighted by molar-refractivity contribution is 9.10. The molecule has 0 radical (unpaired) electrons. The summed E-state index contributed by atoms with van der Waals surface area (Å²) in [4.78, 5) is 17.2. The highest BCUT2D eigenvalue weighted by atomic mass is 79.9. The minimum atomic E-state index is -0.0473. The number of unbranched alkanes of at least 4 members (excludes halogenated alkanes) is 2. The van der Waals surface area contributed by atoms with Crippen molar-refractivity contribution in [2.45, 2.75) is 32.2 Å². The fraction of sp³-hybridized carbons (Fsp3) is 0.259. The Hall–Kier alpha value is -3.12. The normalized spacial score (nSPS) is 11.0. The van der Waals surface area contributed by atoms with Crippen LogP contribution in [-0.2, 0) is 13.0 Å². The van der Waals surface area contributed by atoms with Crippen LogP contribution in [0.25, 0.3) is 11.0 Å². The van der Waals surface area contributed by atoms with E-state index in [1.165, 1.54) is 11.1 Å². The Morgan fingerprint density at radius 3 is 2.48 bits per heavy atom. The largest absolute Gasteiger partial charge is 0.497 e. The van der Waals surface area contributed by atoms with Crippen molar-refractivity contribution in [1.29, 1.82) is 0 Å². The molecular weight excluding hydrogens is 478 g/mol. The van der Waals surface area contributed by atoms with Crippen molar-refractivity contribution in [2.24, 2.45) is 0 Å². The molecule has 3 aromatic carbocycles. The third-order valence-electron chi connectivity index (χ3n) is 5.70. The lowest BCUT2D eigenvalue weighted by atomic mass is 10.1. The maximum absolute atomic E-state index is 12.3. The predicted octanol–water partition coefficient (Wildman–Crippen LogP) is 6.00. The Labute approximate surface area is 202 Å². The molecule has 0 atom stereocenters. The molecule has 0 saturated carbocycles. The number of aromatic nitrogens is 2. The number of aryl methyl sites for hydroxylation is 1. The number of para-hydroxylation sites is 2. The summed E-state index contributed by atoms with van der Waals surface area (Å²) in [5, 5.41) is 3.00. The highest BCUT2D eigenvalue weighted by Gasteiger charge is 2.11. The first-order chi connectivity index (χ1) is 16.1. The van der Waals surface area contributed by atoms with Gasteiger partial charge in [-0.25, -0.2) is 4.98 Å². The van der Waals surface area contributed by atoms with E-state index in [0.29, 0.717) is 12.1 Å². The zero-order valence-electron chi connectivity index (χ0n) is 18.8. The quantitative estimate of drug-likeness (QED) is 0.269. The van der Waals surface area contributed by atoms with Crippen LogP contribution in [0.15, 0.2) is 77.3 Å². The molecule has 6 heteroatoms. The van der Waals surface area contributed by atoms with Crippen molar-refractivity contribution in [3.8, 4) is 5.75 Å². The number of imidazole rings is 1. The van der Waals surface area contributed by atoms with E-state index in [2.05, 4.69) is 68.3 Å². The molecule has 0 aliphatic carbocycles. The second-order valence-electron chi connectivity index (χ2n) is 8.02. The van der Waals surface area contributed by atoms with E-state index in [-0.39, 0.29) is 5.91 Å². The summed E-state index contributed by atoms with van der Waals surface area (Å²) in [6.07, 6.45) is 3.92. The smallest absolute Gasteiger partial charge is 0.251 e. The van der Waals surface area contributed by atoms with Crippen LogP contribution in [0, 0.1) is 0 Å². The molecule has 1 amide bonds. The van der Waals surface area contributed by atoms with Gasteiger partial charge >= 0.3 is 0 Å². The molecule has 0 unspecified atom stereocenters. The van der Waals surface area contributed by atoms with Gasteiger partial charge in [0, 0.05) is 29.5 Å². The van der Waals surface area contributed by atoms with Crippen LogP contribution in [0.2, 0.25) is 0 Å². The first-order valence-corrected chi connectivity index (χ1v) is 12.0. The van der Waals surface area contributed by atoms with Crippen molar-refractivity contribution < 1.29 is 9.53 Å². The maximum Gasteiger partial charge on any atom is 0.251 e. The number of benzene rings is 3. The average Bonchev–Trinajstić information content (AvgIpc) is 3.19. The fourth-order valence-electron chi connectivity index (χ4n) is 3.90. The Morgan fingerprint density at radius 2 is 1.73 bits per heavy atom. The van der Waals surface area contributed by atoms with Crippen LogP contribution < -0.4 is 10.1 Å². The molecule has 1 heterocycles. The van der Waals surface area contributed by atoms with Crippen LogP contribution >= 0.6 is 15.9 Å². The van der Waals surface area contributed by atoms with Crippen molar-refractivity contribution >= 4 is 32.9 Å². The molecule has 33 heavy (non-hydrogen) atoms. The molecule has 4 aromatic rings. The van der Waals surface area contributed by atoms with Gasteiger partial charge in [-0.2, -0.15) is 0 Å². The highest BCUT2D eigenvalue weighted by Crippen LogP contribution is 2.20. The summed E-state index contributed by atoms with van der Waals surface area (Å²) in [6.45, 7) is 1.47. The standard InChI is InChI=1S/C27H28BrN3O2/c1-33-23-16-12-21(13-17-23)27(32)29-18-6-2-3-9-26-30-24-7-4-5-8-25(24)31(26)19-20-10-14-22(28)15-11-20/h4-5,7-8,10-17H,2-3,6,9,18-19H2,1H3,(H,29,32). The molecule has 0 spiro atoms. The summed E-state index contributed by atoms with van der Waals surface area (Å²) in [7, 11) is 1.62. The molecule has 1 N–H and O–H groups in total. The molecule has 0 saturated heterocycles. The van der Waals surface area contributed by atoms with Gasteiger partial charge in [0.1, 0.15) is 11.6 Å². The van der Waals surface area contributed by atoms with Crippen molar-refractivity contribution in [1.82, 2.24) is 14.9 Å². The zero-order chi connectivity index (χ0) is 23.0. The van der Waals surface area contributed by atoms with E-state index in [1.807, 2.05) is 6.07 Å². The van der Waals surface area contributed by atoms with Gasteiger partial charge in [-0.1, -0.05) is 46.6 Å². The lowest BCUT2D eigenvalue weighted by Gasteiger charge is -2.10. The van der Waals surface area contributed by atoms with Crippen LogP contribution in [0.4, 0.5) is 0 Å².